The number of carbonyl (C=O) groups is 1. The van der Waals surface area contributed by atoms with Gasteiger partial charge in [-0.2, -0.15) is 4.31 Å². The molecule has 3 aliphatic rings. The Morgan fingerprint density at radius 1 is 0.879 bits per heavy atom. The third-order valence-electron chi connectivity index (χ3n) is 7.15. The van der Waals surface area contributed by atoms with Gasteiger partial charge in [-0.3, -0.25) is 4.79 Å². The average Bonchev–Trinajstić information content (AvgIpc) is 3.32. The molecular weight excluding hydrogens is 440 g/mol. The maximum atomic E-state index is 13.9. The van der Waals surface area contributed by atoms with Crippen molar-refractivity contribution < 1.29 is 22.7 Å². The number of fused-ring (bicyclic) bond motifs is 1. The molecule has 2 heterocycles. The average molecular weight is 471 g/mol. The highest BCUT2D eigenvalue weighted by Gasteiger charge is 2.45. The molecule has 2 aliphatic heterocycles. The Kier molecular flexibility index (Phi) is 6.05. The summed E-state index contributed by atoms with van der Waals surface area (Å²) in [7, 11) is -3.42. The first kappa shape index (κ1) is 22.2. The monoisotopic (exact) mass is 470 g/mol. The number of carbonyl (C=O) groups excluding carboxylic acids is 1. The zero-order valence-corrected chi connectivity index (χ0v) is 19.6. The molecule has 176 valence electrons. The van der Waals surface area contributed by atoms with Crippen molar-refractivity contribution in [3.05, 3.63) is 59.7 Å². The molecular formula is C25H30N2O5S. The lowest BCUT2D eigenvalue weighted by Gasteiger charge is -2.43. The Bertz CT molecular complexity index is 1100. The molecule has 0 aromatic heterocycles. The van der Waals surface area contributed by atoms with Crippen LogP contribution >= 0.6 is 0 Å². The normalized spacial score (nSPS) is 20.5. The van der Waals surface area contributed by atoms with Crippen LogP contribution in [0.1, 0.15) is 43.2 Å². The summed E-state index contributed by atoms with van der Waals surface area (Å²) in [6.45, 7) is 1.70. The highest BCUT2D eigenvalue weighted by molar-refractivity contribution is 7.88. The molecule has 1 amide bonds. The van der Waals surface area contributed by atoms with Crippen LogP contribution in [0, 0.1) is 0 Å². The molecule has 1 saturated heterocycles. The minimum absolute atomic E-state index is 0.0110. The Morgan fingerprint density at radius 2 is 1.58 bits per heavy atom. The highest BCUT2D eigenvalue weighted by Crippen LogP contribution is 2.44. The Hall–Kier alpha value is -2.58. The zero-order chi connectivity index (χ0) is 22.9. The molecule has 0 atom stereocenters. The second-order valence-electron chi connectivity index (χ2n) is 9.14. The number of amides is 1. The summed E-state index contributed by atoms with van der Waals surface area (Å²) in [6, 6.07) is 15.1. The Morgan fingerprint density at radius 3 is 2.30 bits per heavy atom. The van der Waals surface area contributed by atoms with Gasteiger partial charge in [0.2, 0.25) is 22.7 Å². The Labute approximate surface area is 195 Å². The van der Waals surface area contributed by atoms with Gasteiger partial charge in [0.05, 0.1) is 11.2 Å². The van der Waals surface area contributed by atoms with E-state index >= 15 is 0 Å². The fraction of sp³-hybridized carbons (Fsp3) is 0.480. The number of benzene rings is 2. The summed E-state index contributed by atoms with van der Waals surface area (Å²) in [5, 5.41) is 0. The first-order valence-electron chi connectivity index (χ1n) is 11.7. The van der Waals surface area contributed by atoms with Crippen LogP contribution in [-0.2, 0) is 26.0 Å². The van der Waals surface area contributed by atoms with Crippen molar-refractivity contribution in [2.24, 2.45) is 0 Å². The molecule has 1 aliphatic carbocycles. The van der Waals surface area contributed by atoms with Gasteiger partial charge < -0.3 is 14.4 Å². The predicted molar refractivity (Wildman–Crippen MR) is 125 cm³/mol. The lowest BCUT2D eigenvalue weighted by atomic mass is 9.68. The molecule has 0 radical (unpaired) electrons. The summed E-state index contributed by atoms with van der Waals surface area (Å²) in [5.74, 6) is 1.51. The minimum atomic E-state index is -3.42. The van der Waals surface area contributed by atoms with Crippen molar-refractivity contribution in [1.82, 2.24) is 9.21 Å². The summed E-state index contributed by atoms with van der Waals surface area (Å²) >= 11 is 0. The van der Waals surface area contributed by atoms with Gasteiger partial charge in [-0.05, 0) is 36.1 Å². The van der Waals surface area contributed by atoms with Crippen LogP contribution in [0.2, 0.25) is 0 Å². The van der Waals surface area contributed by atoms with E-state index in [1.807, 2.05) is 53.4 Å². The number of nitrogens with zero attached hydrogens (tertiary/aromatic N) is 2. The van der Waals surface area contributed by atoms with Crippen LogP contribution in [0.3, 0.4) is 0 Å². The molecule has 0 N–H and O–H groups in total. The van der Waals surface area contributed by atoms with Crippen molar-refractivity contribution in [3.63, 3.8) is 0 Å². The van der Waals surface area contributed by atoms with Crippen LogP contribution in [0.5, 0.6) is 11.5 Å². The van der Waals surface area contributed by atoms with Crippen LogP contribution in [0.4, 0.5) is 0 Å². The van der Waals surface area contributed by atoms with Crippen LogP contribution < -0.4 is 9.47 Å². The smallest absolute Gasteiger partial charge is 0.233 e. The molecule has 2 aromatic rings. The lowest BCUT2D eigenvalue weighted by molar-refractivity contribution is -0.140. The van der Waals surface area contributed by atoms with Gasteiger partial charge in [-0.25, -0.2) is 8.42 Å². The van der Waals surface area contributed by atoms with E-state index in [9.17, 15) is 13.2 Å². The van der Waals surface area contributed by atoms with E-state index in [2.05, 4.69) is 0 Å². The molecule has 2 aromatic carbocycles. The molecule has 0 unspecified atom stereocenters. The molecule has 2 fully saturated rings. The maximum Gasteiger partial charge on any atom is 0.233 e. The molecule has 1 saturated carbocycles. The third kappa shape index (κ3) is 4.34. The van der Waals surface area contributed by atoms with Gasteiger partial charge in [0.15, 0.2) is 11.5 Å². The Balaban J connectivity index is 1.31. The number of ether oxygens (including phenoxy) is 2. The summed E-state index contributed by atoms with van der Waals surface area (Å²) < 4.78 is 38.4. The summed E-state index contributed by atoms with van der Waals surface area (Å²) in [6.07, 6.45) is 4.75. The van der Waals surface area contributed by atoms with E-state index in [0.717, 1.165) is 49.0 Å². The number of hydrogen-bond donors (Lipinski definition) is 0. The third-order valence-corrected chi connectivity index (χ3v) is 9.00. The number of piperazine rings is 1. The maximum absolute atomic E-state index is 13.9. The zero-order valence-electron chi connectivity index (χ0n) is 18.7. The van der Waals surface area contributed by atoms with Crippen molar-refractivity contribution in [1.29, 1.82) is 0 Å². The quantitative estimate of drug-likeness (QED) is 0.670. The topological polar surface area (TPSA) is 76.2 Å². The van der Waals surface area contributed by atoms with E-state index in [-0.39, 0.29) is 18.5 Å². The van der Waals surface area contributed by atoms with Gasteiger partial charge in [-0.1, -0.05) is 55.7 Å². The second kappa shape index (κ2) is 8.99. The van der Waals surface area contributed by atoms with E-state index in [1.165, 1.54) is 4.31 Å². The standard InChI is InChI=1S/C25H30N2O5S/c28-24(25(11-5-2-6-12-25)21-9-10-22-23(17-21)32-19-31-22)26-13-15-27(16-14-26)33(29,30)18-20-7-3-1-4-8-20/h1,3-4,7-10,17H,2,5-6,11-16,18-19H2. The second-order valence-corrected chi connectivity index (χ2v) is 11.1. The molecule has 7 nitrogen and oxygen atoms in total. The van der Waals surface area contributed by atoms with Crippen molar-refractivity contribution in [2.75, 3.05) is 33.0 Å². The van der Waals surface area contributed by atoms with E-state index in [4.69, 9.17) is 9.47 Å². The number of rotatable bonds is 5. The van der Waals surface area contributed by atoms with Gasteiger partial charge >= 0.3 is 0 Å². The largest absolute Gasteiger partial charge is 0.454 e. The summed E-state index contributed by atoms with van der Waals surface area (Å²) in [4.78, 5) is 15.8. The number of sulfonamides is 1. The first-order chi connectivity index (χ1) is 16.0. The van der Waals surface area contributed by atoms with E-state index < -0.39 is 15.4 Å². The van der Waals surface area contributed by atoms with Gasteiger partial charge in [0.1, 0.15) is 0 Å². The van der Waals surface area contributed by atoms with Crippen molar-refractivity contribution >= 4 is 15.9 Å². The lowest BCUT2D eigenvalue weighted by Crippen LogP contribution is -2.56. The van der Waals surface area contributed by atoms with Crippen LogP contribution in [0.15, 0.2) is 48.5 Å². The predicted octanol–water partition coefficient (Wildman–Crippen LogP) is 3.29. The van der Waals surface area contributed by atoms with Gasteiger partial charge in [-0.15, -0.1) is 0 Å². The van der Waals surface area contributed by atoms with Crippen LogP contribution in [0.25, 0.3) is 0 Å². The highest BCUT2D eigenvalue weighted by atomic mass is 32.2. The SMILES string of the molecule is O=C(N1CCN(S(=O)(=O)Cc2ccccc2)CC1)C1(c2ccc3c(c2)OCO3)CCCCC1. The minimum Gasteiger partial charge on any atom is -0.454 e. The molecule has 33 heavy (non-hydrogen) atoms. The summed E-state index contributed by atoms with van der Waals surface area (Å²) in [5.41, 5.74) is 1.18. The van der Waals surface area contributed by atoms with E-state index in [0.29, 0.717) is 31.9 Å². The van der Waals surface area contributed by atoms with Crippen molar-refractivity contribution in [2.45, 2.75) is 43.3 Å². The first-order valence-corrected chi connectivity index (χ1v) is 13.3. The number of hydrogen-bond acceptors (Lipinski definition) is 5. The van der Waals surface area contributed by atoms with Gasteiger partial charge in [0.25, 0.3) is 0 Å². The fourth-order valence-electron chi connectivity index (χ4n) is 5.32. The van der Waals surface area contributed by atoms with Gasteiger partial charge in [0, 0.05) is 26.2 Å². The van der Waals surface area contributed by atoms with E-state index in [1.54, 1.807) is 0 Å². The fourth-order valence-corrected chi connectivity index (χ4v) is 6.84. The molecule has 0 spiro atoms. The molecule has 0 bridgehead atoms. The van der Waals surface area contributed by atoms with Crippen LogP contribution in [-0.4, -0.2) is 56.5 Å². The van der Waals surface area contributed by atoms with Crippen molar-refractivity contribution in [3.8, 4) is 11.5 Å². The molecule has 5 rings (SSSR count). The molecule has 8 heteroatoms.